The molecule has 0 fully saturated rings. The van der Waals surface area contributed by atoms with Crippen LogP contribution in [0.1, 0.15) is 16.1 Å². The van der Waals surface area contributed by atoms with Gasteiger partial charge >= 0.3 is 0 Å². The minimum Gasteiger partial charge on any atom is -0.345 e. The normalized spacial score (nSPS) is 10.6. The molecule has 0 radical (unpaired) electrons. The quantitative estimate of drug-likeness (QED) is 0.736. The number of hydrogen-bond donors (Lipinski definition) is 2. The number of pyridine rings is 1. The number of hydrogen-bond acceptors (Lipinski definition) is 3. The van der Waals surface area contributed by atoms with Crippen LogP contribution in [0.15, 0.2) is 42.9 Å². The van der Waals surface area contributed by atoms with Crippen molar-refractivity contribution in [1.82, 2.24) is 15.0 Å². The van der Waals surface area contributed by atoms with Crippen molar-refractivity contribution in [2.75, 3.05) is 5.32 Å². The molecule has 0 spiro atoms. The molecule has 5 heteroatoms. The van der Waals surface area contributed by atoms with E-state index >= 15 is 0 Å². The van der Waals surface area contributed by atoms with Crippen LogP contribution in [0.3, 0.4) is 0 Å². The van der Waals surface area contributed by atoms with Crippen LogP contribution in [0.4, 0.5) is 5.69 Å². The van der Waals surface area contributed by atoms with E-state index in [1.807, 2.05) is 19.1 Å². The maximum atomic E-state index is 12.2. The van der Waals surface area contributed by atoms with Crippen molar-refractivity contribution in [3.8, 4) is 0 Å². The van der Waals surface area contributed by atoms with Crippen molar-refractivity contribution in [3.05, 3.63) is 54.1 Å². The predicted octanol–water partition coefficient (Wildman–Crippen LogP) is 2.52. The fourth-order valence-electron chi connectivity index (χ4n) is 1.89. The molecule has 0 aliphatic rings. The van der Waals surface area contributed by atoms with E-state index in [1.165, 1.54) is 0 Å². The van der Waals surface area contributed by atoms with Crippen LogP contribution in [0.25, 0.3) is 11.0 Å². The maximum absolute atomic E-state index is 12.2. The van der Waals surface area contributed by atoms with Crippen LogP contribution in [0.5, 0.6) is 0 Å². The Morgan fingerprint density at radius 1 is 1.26 bits per heavy atom. The van der Waals surface area contributed by atoms with Gasteiger partial charge in [0.2, 0.25) is 0 Å². The van der Waals surface area contributed by atoms with E-state index in [-0.39, 0.29) is 5.91 Å². The number of H-pyrrole nitrogens is 1. The Morgan fingerprint density at radius 3 is 3.00 bits per heavy atom. The van der Waals surface area contributed by atoms with E-state index in [0.717, 1.165) is 22.4 Å². The van der Waals surface area contributed by atoms with Crippen molar-refractivity contribution < 1.29 is 4.79 Å². The lowest BCUT2D eigenvalue weighted by Gasteiger charge is -2.07. The molecule has 0 saturated heterocycles. The average Bonchev–Trinajstić information content (AvgIpc) is 2.88. The summed E-state index contributed by atoms with van der Waals surface area (Å²) in [5, 5.41) is 2.85. The molecule has 0 saturated carbocycles. The third-order valence-corrected chi connectivity index (χ3v) is 2.94. The third kappa shape index (κ3) is 2.18. The first-order valence-electron chi connectivity index (χ1n) is 5.90. The van der Waals surface area contributed by atoms with Crippen LogP contribution in [-0.2, 0) is 0 Å². The van der Waals surface area contributed by atoms with Crippen LogP contribution >= 0.6 is 0 Å². The summed E-state index contributed by atoms with van der Waals surface area (Å²) in [4.78, 5) is 23.4. The first-order valence-corrected chi connectivity index (χ1v) is 5.90. The first kappa shape index (κ1) is 11.4. The monoisotopic (exact) mass is 252 g/mol. The van der Waals surface area contributed by atoms with Gasteiger partial charge in [-0.1, -0.05) is 0 Å². The number of nitrogens with zero attached hydrogens (tertiary/aromatic N) is 2. The molecule has 0 bridgehead atoms. The van der Waals surface area contributed by atoms with Crippen LogP contribution in [0.2, 0.25) is 0 Å². The van der Waals surface area contributed by atoms with Crippen molar-refractivity contribution in [3.63, 3.8) is 0 Å². The summed E-state index contributed by atoms with van der Waals surface area (Å²) < 4.78 is 0. The van der Waals surface area contributed by atoms with E-state index in [2.05, 4.69) is 20.3 Å². The number of benzene rings is 1. The number of carbonyl (C=O) groups is 1. The average molecular weight is 252 g/mol. The van der Waals surface area contributed by atoms with Gasteiger partial charge in [-0.05, 0) is 37.3 Å². The smallest absolute Gasteiger partial charge is 0.255 e. The Morgan fingerprint density at radius 2 is 2.16 bits per heavy atom. The fourth-order valence-corrected chi connectivity index (χ4v) is 1.89. The Labute approximate surface area is 109 Å². The fraction of sp³-hybridized carbons (Fsp3) is 0.0714. The summed E-state index contributed by atoms with van der Waals surface area (Å²) in [5.74, 6) is -0.160. The third-order valence-electron chi connectivity index (χ3n) is 2.94. The van der Waals surface area contributed by atoms with E-state index < -0.39 is 0 Å². The summed E-state index contributed by atoms with van der Waals surface area (Å²) in [6, 6.07) is 8.97. The minimum atomic E-state index is -0.160. The molecule has 0 aliphatic carbocycles. The summed E-state index contributed by atoms with van der Waals surface area (Å²) in [6.07, 6.45) is 3.30. The molecule has 2 N–H and O–H groups in total. The first-order chi connectivity index (χ1) is 9.24. The molecule has 3 aromatic rings. The number of aryl methyl sites for hydroxylation is 1. The number of nitrogens with one attached hydrogen (secondary N) is 2. The van der Waals surface area contributed by atoms with Gasteiger partial charge in [-0.25, -0.2) is 4.98 Å². The van der Waals surface area contributed by atoms with E-state index in [9.17, 15) is 4.79 Å². The number of carbonyl (C=O) groups excluding carboxylic acids is 1. The highest BCUT2D eigenvalue weighted by Crippen LogP contribution is 2.15. The molecular formula is C14H12N4O. The summed E-state index contributed by atoms with van der Waals surface area (Å²) in [7, 11) is 0. The van der Waals surface area contributed by atoms with Gasteiger partial charge in [-0.15, -0.1) is 0 Å². The molecule has 3 rings (SSSR count). The Hall–Kier alpha value is -2.69. The number of rotatable bonds is 2. The molecule has 2 aromatic heterocycles. The SMILES string of the molecule is Cc1ncccc1NC(=O)c1ccc2nc[nH]c2c1. The summed E-state index contributed by atoms with van der Waals surface area (Å²) in [6.45, 7) is 1.85. The summed E-state index contributed by atoms with van der Waals surface area (Å²) in [5.41, 5.74) is 3.78. The van der Waals surface area contributed by atoms with Crippen LogP contribution < -0.4 is 5.32 Å². The zero-order chi connectivity index (χ0) is 13.2. The van der Waals surface area contributed by atoms with E-state index in [0.29, 0.717) is 5.56 Å². The zero-order valence-electron chi connectivity index (χ0n) is 10.3. The molecule has 5 nitrogen and oxygen atoms in total. The Balaban J connectivity index is 1.89. The van der Waals surface area contributed by atoms with Crippen molar-refractivity contribution in [2.45, 2.75) is 6.92 Å². The number of aromatic amines is 1. The van der Waals surface area contributed by atoms with E-state index in [1.54, 1.807) is 30.7 Å². The van der Waals surface area contributed by atoms with Gasteiger partial charge in [-0.3, -0.25) is 9.78 Å². The van der Waals surface area contributed by atoms with Gasteiger partial charge in [0.05, 0.1) is 28.7 Å². The molecule has 1 aromatic carbocycles. The van der Waals surface area contributed by atoms with Crippen LogP contribution in [0, 0.1) is 6.92 Å². The van der Waals surface area contributed by atoms with Gasteiger partial charge in [0, 0.05) is 11.8 Å². The zero-order valence-corrected chi connectivity index (χ0v) is 10.3. The van der Waals surface area contributed by atoms with Gasteiger partial charge in [0.1, 0.15) is 0 Å². The van der Waals surface area contributed by atoms with Gasteiger partial charge in [0.25, 0.3) is 5.91 Å². The largest absolute Gasteiger partial charge is 0.345 e. The lowest BCUT2D eigenvalue weighted by Crippen LogP contribution is -2.13. The van der Waals surface area contributed by atoms with Gasteiger partial charge in [-0.2, -0.15) is 0 Å². The van der Waals surface area contributed by atoms with Crippen molar-refractivity contribution >= 4 is 22.6 Å². The van der Waals surface area contributed by atoms with Crippen molar-refractivity contribution in [1.29, 1.82) is 0 Å². The van der Waals surface area contributed by atoms with E-state index in [4.69, 9.17) is 0 Å². The second-order valence-corrected chi connectivity index (χ2v) is 4.22. The predicted molar refractivity (Wildman–Crippen MR) is 73.0 cm³/mol. The molecule has 2 heterocycles. The minimum absolute atomic E-state index is 0.160. The molecule has 94 valence electrons. The number of imidazole rings is 1. The molecule has 1 amide bonds. The molecule has 0 atom stereocenters. The molecular weight excluding hydrogens is 240 g/mol. The Kier molecular flexibility index (Phi) is 2.72. The van der Waals surface area contributed by atoms with Gasteiger partial charge in [0.15, 0.2) is 0 Å². The molecule has 0 aliphatic heterocycles. The topological polar surface area (TPSA) is 70.7 Å². The van der Waals surface area contributed by atoms with Gasteiger partial charge < -0.3 is 10.3 Å². The molecule has 0 unspecified atom stereocenters. The number of amides is 1. The standard InChI is InChI=1S/C14H12N4O/c1-9-11(3-2-6-15-9)18-14(19)10-4-5-12-13(7-10)17-8-16-12/h2-8H,1H3,(H,16,17)(H,18,19). The highest BCUT2D eigenvalue weighted by Gasteiger charge is 2.09. The molecule has 19 heavy (non-hydrogen) atoms. The maximum Gasteiger partial charge on any atom is 0.255 e. The van der Waals surface area contributed by atoms with Crippen LogP contribution in [-0.4, -0.2) is 20.9 Å². The number of anilines is 1. The number of aromatic nitrogens is 3. The second kappa shape index (κ2) is 4.53. The summed E-state index contributed by atoms with van der Waals surface area (Å²) >= 11 is 0. The Bertz CT molecular complexity index is 748. The lowest BCUT2D eigenvalue weighted by molar-refractivity contribution is 0.102. The number of fused-ring (bicyclic) bond motifs is 1. The lowest BCUT2D eigenvalue weighted by atomic mass is 10.2. The highest BCUT2D eigenvalue weighted by molar-refractivity contribution is 6.06. The second-order valence-electron chi connectivity index (χ2n) is 4.22. The van der Waals surface area contributed by atoms with Crippen molar-refractivity contribution in [2.24, 2.45) is 0 Å². The highest BCUT2D eigenvalue weighted by atomic mass is 16.1.